The van der Waals surface area contributed by atoms with E-state index in [1.54, 1.807) is 44.7 Å². The summed E-state index contributed by atoms with van der Waals surface area (Å²) in [6.45, 7) is 0. The number of methoxy groups -OCH3 is 2. The molecule has 0 saturated heterocycles. The number of anilines is 1. The fourth-order valence-electron chi connectivity index (χ4n) is 1.65. The highest BCUT2D eigenvalue weighted by atomic mass is 16.5. The van der Waals surface area contributed by atoms with Gasteiger partial charge in [0.15, 0.2) is 0 Å². The monoisotopic (exact) mass is 261 g/mol. The fourth-order valence-corrected chi connectivity index (χ4v) is 1.65. The molecule has 0 fully saturated rings. The molecule has 0 spiro atoms. The summed E-state index contributed by atoms with van der Waals surface area (Å²) in [6.07, 6.45) is 1.84. The number of benzene rings is 1. The molecule has 1 heterocycles. The topological polar surface area (TPSA) is 76.2 Å². The Morgan fingerprint density at radius 3 is 2.79 bits per heavy atom. The van der Waals surface area contributed by atoms with Crippen LogP contribution in [0.2, 0.25) is 0 Å². The third kappa shape index (κ3) is 3.25. The quantitative estimate of drug-likeness (QED) is 0.857. The molecular formula is C13H15N3O3. The van der Waals surface area contributed by atoms with Crippen molar-refractivity contribution < 1.29 is 14.3 Å². The van der Waals surface area contributed by atoms with Crippen molar-refractivity contribution >= 4 is 11.6 Å². The number of hydrogen-bond donors (Lipinski definition) is 2. The van der Waals surface area contributed by atoms with Crippen molar-refractivity contribution in [1.29, 1.82) is 0 Å². The maximum atomic E-state index is 11.9. The summed E-state index contributed by atoms with van der Waals surface area (Å²) in [4.78, 5) is 11.9. The van der Waals surface area contributed by atoms with Crippen LogP contribution in [0.1, 0.15) is 5.69 Å². The number of carbonyl (C=O) groups is 1. The molecule has 2 N–H and O–H groups in total. The van der Waals surface area contributed by atoms with Gasteiger partial charge in [-0.05, 0) is 18.2 Å². The van der Waals surface area contributed by atoms with E-state index in [4.69, 9.17) is 9.47 Å². The average Bonchev–Trinajstić information content (AvgIpc) is 2.91. The van der Waals surface area contributed by atoms with Gasteiger partial charge in [-0.25, -0.2) is 0 Å². The SMILES string of the molecule is COc1ccc(NC(=O)Cc2ccn[nH]2)c(OC)c1. The van der Waals surface area contributed by atoms with Gasteiger partial charge in [0.1, 0.15) is 11.5 Å². The lowest BCUT2D eigenvalue weighted by Gasteiger charge is -2.11. The molecule has 1 amide bonds. The Bertz CT molecular complexity index is 552. The highest BCUT2D eigenvalue weighted by Gasteiger charge is 2.10. The molecule has 0 aliphatic heterocycles. The number of nitrogens with one attached hydrogen (secondary N) is 2. The molecule has 2 aromatic rings. The first-order valence-electron chi connectivity index (χ1n) is 5.73. The van der Waals surface area contributed by atoms with Crippen LogP contribution in [0.4, 0.5) is 5.69 Å². The zero-order chi connectivity index (χ0) is 13.7. The van der Waals surface area contributed by atoms with Gasteiger partial charge in [0.25, 0.3) is 0 Å². The first kappa shape index (κ1) is 12.9. The van der Waals surface area contributed by atoms with Crippen molar-refractivity contribution in [2.75, 3.05) is 19.5 Å². The van der Waals surface area contributed by atoms with Crippen molar-refractivity contribution in [3.05, 3.63) is 36.2 Å². The maximum Gasteiger partial charge on any atom is 0.230 e. The molecule has 100 valence electrons. The van der Waals surface area contributed by atoms with E-state index >= 15 is 0 Å². The Morgan fingerprint density at radius 1 is 1.32 bits per heavy atom. The molecule has 6 nitrogen and oxygen atoms in total. The van der Waals surface area contributed by atoms with Crippen LogP contribution in [0.25, 0.3) is 0 Å². The van der Waals surface area contributed by atoms with Gasteiger partial charge in [0, 0.05) is 18.0 Å². The lowest BCUT2D eigenvalue weighted by Crippen LogP contribution is -2.15. The highest BCUT2D eigenvalue weighted by molar-refractivity contribution is 5.93. The lowest BCUT2D eigenvalue weighted by molar-refractivity contribution is -0.115. The van der Waals surface area contributed by atoms with Gasteiger partial charge in [-0.1, -0.05) is 0 Å². The molecule has 19 heavy (non-hydrogen) atoms. The van der Waals surface area contributed by atoms with Gasteiger partial charge in [0.05, 0.1) is 26.3 Å². The summed E-state index contributed by atoms with van der Waals surface area (Å²) in [5.41, 5.74) is 1.36. The van der Waals surface area contributed by atoms with Crippen molar-refractivity contribution in [2.24, 2.45) is 0 Å². The molecule has 6 heteroatoms. The second kappa shape index (κ2) is 5.90. The summed E-state index contributed by atoms with van der Waals surface area (Å²) in [5.74, 6) is 1.08. The zero-order valence-corrected chi connectivity index (χ0v) is 10.8. The zero-order valence-electron chi connectivity index (χ0n) is 10.8. The first-order valence-corrected chi connectivity index (χ1v) is 5.73. The van der Waals surface area contributed by atoms with E-state index in [-0.39, 0.29) is 12.3 Å². The Hall–Kier alpha value is -2.50. The maximum absolute atomic E-state index is 11.9. The van der Waals surface area contributed by atoms with E-state index in [1.165, 1.54) is 0 Å². The molecule has 0 radical (unpaired) electrons. The van der Waals surface area contributed by atoms with Crippen molar-refractivity contribution in [3.8, 4) is 11.5 Å². The van der Waals surface area contributed by atoms with Gasteiger partial charge in [-0.3, -0.25) is 9.89 Å². The number of hydrogen-bond acceptors (Lipinski definition) is 4. The predicted molar refractivity (Wildman–Crippen MR) is 70.5 cm³/mol. The second-order valence-corrected chi connectivity index (χ2v) is 3.87. The third-order valence-corrected chi connectivity index (χ3v) is 2.59. The highest BCUT2D eigenvalue weighted by Crippen LogP contribution is 2.28. The molecule has 1 aromatic heterocycles. The van der Waals surface area contributed by atoms with E-state index < -0.39 is 0 Å². The molecule has 0 unspecified atom stereocenters. The molecule has 0 saturated carbocycles. The third-order valence-electron chi connectivity index (χ3n) is 2.59. The fraction of sp³-hybridized carbons (Fsp3) is 0.231. The molecule has 0 aliphatic carbocycles. The number of rotatable bonds is 5. The van der Waals surface area contributed by atoms with Crippen molar-refractivity contribution in [2.45, 2.75) is 6.42 Å². The van der Waals surface area contributed by atoms with Crippen LogP contribution >= 0.6 is 0 Å². The Morgan fingerprint density at radius 2 is 2.16 bits per heavy atom. The van der Waals surface area contributed by atoms with Crippen LogP contribution in [0.15, 0.2) is 30.5 Å². The number of nitrogens with zero attached hydrogens (tertiary/aromatic N) is 1. The Kier molecular flexibility index (Phi) is 4.02. The Labute approximate surface area is 110 Å². The van der Waals surface area contributed by atoms with E-state index in [2.05, 4.69) is 15.5 Å². The standard InChI is InChI=1S/C13H15N3O3/c1-18-10-3-4-11(12(8-10)19-2)15-13(17)7-9-5-6-14-16-9/h3-6,8H,7H2,1-2H3,(H,14,16)(H,15,17). The van der Waals surface area contributed by atoms with Crippen LogP contribution in [-0.2, 0) is 11.2 Å². The molecule has 0 bridgehead atoms. The summed E-state index contributed by atoms with van der Waals surface area (Å²) in [6, 6.07) is 6.97. The number of carbonyl (C=O) groups excluding carboxylic acids is 1. The van der Waals surface area contributed by atoms with Gasteiger partial charge in [-0.15, -0.1) is 0 Å². The van der Waals surface area contributed by atoms with Crippen molar-refractivity contribution in [3.63, 3.8) is 0 Å². The van der Waals surface area contributed by atoms with E-state index in [0.717, 1.165) is 5.69 Å². The minimum atomic E-state index is -0.146. The van der Waals surface area contributed by atoms with Crippen LogP contribution < -0.4 is 14.8 Å². The minimum absolute atomic E-state index is 0.146. The van der Waals surface area contributed by atoms with Gasteiger partial charge in [0.2, 0.25) is 5.91 Å². The molecular weight excluding hydrogens is 246 g/mol. The lowest BCUT2D eigenvalue weighted by atomic mass is 10.2. The van der Waals surface area contributed by atoms with E-state index in [0.29, 0.717) is 17.2 Å². The van der Waals surface area contributed by atoms with Crippen LogP contribution in [0, 0.1) is 0 Å². The van der Waals surface area contributed by atoms with E-state index in [1.807, 2.05) is 0 Å². The second-order valence-electron chi connectivity index (χ2n) is 3.87. The molecule has 1 aromatic carbocycles. The summed E-state index contributed by atoms with van der Waals surface area (Å²) < 4.78 is 10.3. The largest absolute Gasteiger partial charge is 0.497 e. The smallest absolute Gasteiger partial charge is 0.230 e. The number of amides is 1. The number of aromatic amines is 1. The number of aromatic nitrogens is 2. The minimum Gasteiger partial charge on any atom is -0.497 e. The molecule has 0 aliphatic rings. The van der Waals surface area contributed by atoms with E-state index in [9.17, 15) is 4.79 Å². The molecule has 0 atom stereocenters. The Balaban J connectivity index is 2.07. The predicted octanol–water partition coefficient (Wildman–Crippen LogP) is 1.61. The van der Waals surface area contributed by atoms with Crippen LogP contribution in [0.5, 0.6) is 11.5 Å². The number of H-pyrrole nitrogens is 1. The van der Waals surface area contributed by atoms with Gasteiger partial charge >= 0.3 is 0 Å². The summed E-state index contributed by atoms with van der Waals surface area (Å²) >= 11 is 0. The van der Waals surface area contributed by atoms with Crippen LogP contribution in [-0.4, -0.2) is 30.3 Å². The van der Waals surface area contributed by atoms with Crippen molar-refractivity contribution in [1.82, 2.24) is 10.2 Å². The normalized spacial score (nSPS) is 10.0. The van der Waals surface area contributed by atoms with Gasteiger partial charge < -0.3 is 14.8 Å². The average molecular weight is 261 g/mol. The van der Waals surface area contributed by atoms with Crippen LogP contribution in [0.3, 0.4) is 0 Å². The summed E-state index contributed by atoms with van der Waals surface area (Å²) in [5, 5.41) is 9.31. The first-order chi connectivity index (χ1) is 9.22. The summed E-state index contributed by atoms with van der Waals surface area (Å²) in [7, 11) is 3.12. The molecule has 2 rings (SSSR count). The number of ether oxygens (including phenoxy) is 2. The van der Waals surface area contributed by atoms with Gasteiger partial charge in [-0.2, -0.15) is 5.10 Å².